The number of aryl methyl sites for hydroxylation is 1. The molecular weight excluding hydrogens is 353 g/mol. The van der Waals surface area contributed by atoms with Crippen LogP contribution in [0.4, 0.5) is 0 Å². The molecule has 2 heterocycles. The highest BCUT2D eigenvalue weighted by Gasteiger charge is 2.19. The summed E-state index contributed by atoms with van der Waals surface area (Å²) in [5.74, 6) is -1.17. The van der Waals surface area contributed by atoms with Gasteiger partial charge in [-0.3, -0.25) is 20.4 Å². The zero-order chi connectivity index (χ0) is 17.3. The lowest BCUT2D eigenvalue weighted by Gasteiger charge is -2.07. The van der Waals surface area contributed by atoms with Crippen LogP contribution in [0, 0.1) is 6.92 Å². The maximum Gasteiger partial charge on any atom is 0.305 e. The number of fused-ring (bicyclic) bond motifs is 1. The summed E-state index contributed by atoms with van der Waals surface area (Å²) in [5.41, 5.74) is 5.68. The van der Waals surface area contributed by atoms with Gasteiger partial charge in [0, 0.05) is 10.9 Å². The first-order valence-electron chi connectivity index (χ1n) is 6.88. The Bertz CT molecular complexity index is 953. The van der Waals surface area contributed by atoms with E-state index in [0.717, 1.165) is 5.39 Å². The van der Waals surface area contributed by atoms with Crippen LogP contribution < -0.4 is 10.9 Å². The lowest BCUT2D eigenvalue weighted by atomic mass is 10.1. The molecule has 0 aliphatic rings. The number of amides is 2. The second kappa shape index (κ2) is 6.51. The molecule has 2 amide bonds. The zero-order valence-electron chi connectivity index (χ0n) is 12.4. The summed E-state index contributed by atoms with van der Waals surface area (Å²) >= 11 is 11.6. The van der Waals surface area contributed by atoms with Crippen molar-refractivity contribution in [1.82, 2.24) is 15.8 Å². The van der Waals surface area contributed by atoms with Gasteiger partial charge in [0.25, 0.3) is 5.91 Å². The molecule has 2 N–H and O–H groups in total. The molecule has 0 saturated carbocycles. The molecule has 3 rings (SSSR count). The smallest absolute Gasteiger partial charge is 0.305 e. The zero-order valence-corrected chi connectivity index (χ0v) is 13.9. The average Bonchev–Trinajstić information content (AvgIpc) is 2.92. The van der Waals surface area contributed by atoms with E-state index in [9.17, 15) is 9.59 Å². The SMILES string of the molecule is Cc1c(C(=O)NNC(=O)c2nc(Cl)ccc2Cl)oc2ccccc12. The van der Waals surface area contributed by atoms with Crippen LogP contribution in [-0.2, 0) is 0 Å². The fourth-order valence-corrected chi connectivity index (χ4v) is 2.54. The number of hydrazine groups is 1. The molecule has 0 aliphatic heterocycles. The number of nitrogens with one attached hydrogen (secondary N) is 2. The van der Waals surface area contributed by atoms with E-state index >= 15 is 0 Å². The molecule has 0 spiro atoms. The fourth-order valence-electron chi connectivity index (χ4n) is 2.20. The summed E-state index contributed by atoms with van der Waals surface area (Å²) in [6.45, 7) is 1.76. The number of nitrogens with zero attached hydrogens (tertiary/aromatic N) is 1. The van der Waals surface area contributed by atoms with Crippen molar-refractivity contribution in [3.63, 3.8) is 0 Å². The molecular formula is C16H11Cl2N3O3. The van der Waals surface area contributed by atoms with Gasteiger partial charge in [-0.1, -0.05) is 41.4 Å². The summed E-state index contributed by atoms with van der Waals surface area (Å²) in [7, 11) is 0. The van der Waals surface area contributed by atoms with Gasteiger partial charge in [-0.2, -0.15) is 0 Å². The largest absolute Gasteiger partial charge is 0.451 e. The van der Waals surface area contributed by atoms with Crippen molar-refractivity contribution < 1.29 is 14.0 Å². The van der Waals surface area contributed by atoms with Crippen LogP contribution in [0.2, 0.25) is 10.2 Å². The first-order valence-corrected chi connectivity index (χ1v) is 7.64. The van der Waals surface area contributed by atoms with Crippen LogP contribution in [0.5, 0.6) is 0 Å². The number of pyridine rings is 1. The number of rotatable bonds is 2. The average molecular weight is 364 g/mol. The normalized spacial score (nSPS) is 10.6. The van der Waals surface area contributed by atoms with Gasteiger partial charge in [0.15, 0.2) is 5.76 Å². The number of furan rings is 1. The molecule has 6 nitrogen and oxygen atoms in total. The van der Waals surface area contributed by atoms with E-state index in [-0.39, 0.29) is 21.6 Å². The van der Waals surface area contributed by atoms with E-state index < -0.39 is 11.8 Å². The molecule has 1 aromatic carbocycles. The third-order valence-electron chi connectivity index (χ3n) is 3.37. The van der Waals surface area contributed by atoms with Gasteiger partial charge < -0.3 is 4.42 Å². The Morgan fingerprint density at radius 3 is 2.50 bits per heavy atom. The molecule has 0 atom stereocenters. The molecule has 0 aliphatic carbocycles. The van der Waals surface area contributed by atoms with E-state index in [2.05, 4.69) is 15.8 Å². The Hall–Kier alpha value is -2.57. The molecule has 24 heavy (non-hydrogen) atoms. The van der Waals surface area contributed by atoms with Crippen LogP contribution in [0.3, 0.4) is 0 Å². The number of carbonyl (C=O) groups is 2. The highest BCUT2D eigenvalue weighted by Crippen LogP contribution is 2.24. The molecule has 0 radical (unpaired) electrons. The van der Waals surface area contributed by atoms with Crippen LogP contribution in [0.25, 0.3) is 11.0 Å². The van der Waals surface area contributed by atoms with Crippen molar-refractivity contribution >= 4 is 46.0 Å². The van der Waals surface area contributed by atoms with Crippen LogP contribution in [0.1, 0.15) is 26.6 Å². The van der Waals surface area contributed by atoms with E-state index in [4.69, 9.17) is 27.6 Å². The van der Waals surface area contributed by atoms with E-state index in [1.54, 1.807) is 13.0 Å². The molecule has 2 aromatic heterocycles. The third-order valence-corrected chi connectivity index (χ3v) is 3.88. The lowest BCUT2D eigenvalue weighted by molar-refractivity contribution is 0.0829. The topological polar surface area (TPSA) is 84.2 Å². The minimum atomic E-state index is -0.690. The van der Waals surface area contributed by atoms with Gasteiger partial charge in [0.05, 0.1) is 5.02 Å². The second-order valence-corrected chi connectivity index (χ2v) is 5.72. The Kier molecular flexibility index (Phi) is 4.42. The number of aromatic nitrogens is 1. The van der Waals surface area contributed by atoms with Crippen molar-refractivity contribution in [3.8, 4) is 0 Å². The number of para-hydroxylation sites is 1. The molecule has 0 fully saturated rings. The highest BCUT2D eigenvalue weighted by molar-refractivity contribution is 6.34. The Morgan fingerprint density at radius 2 is 1.75 bits per heavy atom. The quantitative estimate of drug-likeness (QED) is 0.538. The number of hydrogen-bond acceptors (Lipinski definition) is 4. The first-order chi connectivity index (χ1) is 11.5. The number of halogens is 2. The van der Waals surface area contributed by atoms with Crippen molar-refractivity contribution in [3.05, 3.63) is 63.6 Å². The molecule has 8 heteroatoms. The highest BCUT2D eigenvalue weighted by atomic mass is 35.5. The van der Waals surface area contributed by atoms with Crippen molar-refractivity contribution in [1.29, 1.82) is 0 Å². The van der Waals surface area contributed by atoms with Crippen LogP contribution in [0.15, 0.2) is 40.8 Å². The summed E-state index contributed by atoms with van der Waals surface area (Å²) in [4.78, 5) is 28.1. The molecule has 122 valence electrons. The van der Waals surface area contributed by atoms with E-state index in [1.807, 2.05) is 18.2 Å². The maximum atomic E-state index is 12.2. The Morgan fingerprint density at radius 1 is 1.04 bits per heavy atom. The Labute approximate surface area is 146 Å². The Balaban J connectivity index is 1.76. The summed E-state index contributed by atoms with van der Waals surface area (Å²) < 4.78 is 5.52. The summed E-state index contributed by atoms with van der Waals surface area (Å²) in [6.07, 6.45) is 0. The van der Waals surface area contributed by atoms with E-state index in [0.29, 0.717) is 11.1 Å². The van der Waals surface area contributed by atoms with Crippen molar-refractivity contribution in [2.75, 3.05) is 0 Å². The predicted octanol–water partition coefficient (Wildman–Crippen LogP) is 3.52. The summed E-state index contributed by atoms with van der Waals surface area (Å²) in [6, 6.07) is 10.2. The number of hydrogen-bond donors (Lipinski definition) is 2. The fraction of sp³-hybridized carbons (Fsp3) is 0.0625. The number of benzene rings is 1. The second-order valence-electron chi connectivity index (χ2n) is 4.92. The third kappa shape index (κ3) is 3.06. The van der Waals surface area contributed by atoms with E-state index in [1.165, 1.54) is 12.1 Å². The van der Waals surface area contributed by atoms with Gasteiger partial charge in [0.1, 0.15) is 16.4 Å². The van der Waals surface area contributed by atoms with Gasteiger partial charge in [-0.05, 0) is 25.1 Å². The predicted molar refractivity (Wildman–Crippen MR) is 90.1 cm³/mol. The number of carbonyl (C=O) groups excluding carboxylic acids is 2. The molecule has 0 unspecified atom stereocenters. The lowest BCUT2D eigenvalue weighted by Crippen LogP contribution is -2.42. The monoisotopic (exact) mass is 363 g/mol. The minimum absolute atomic E-state index is 0.0919. The van der Waals surface area contributed by atoms with Gasteiger partial charge in [0.2, 0.25) is 0 Å². The summed E-state index contributed by atoms with van der Waals surface area (Å²) in [5, 5.41) is 1.06. The van der Waals surface area contributed by atoms with Crippen molar-refractivity contribution in [2.24, 2.45) is 0 Å². The van der Waals surface area contributed by atoms with Gasteiger partial charge >= 0.3 is 5.91 Å². The maximum absolute atomic E-state index is 12.2. The van der Waals surface area contributed by atoms with Gasteiger partial charge in [-0.15, -0.1) is 0 Å². The van der Waals surface area contributed by atoms with Crippen LogP contribution in [-0.4, -0.2) is 16.8 Å². The standard InChI is InChI=1S/C16H11Cl2N3O3/c1-8-9-4-2-3-5-11(9)24-14(8)16(23)21-20-15(22)13-10(17)6-7-12(18)19-13/h2-7H,1H3,(H,20,22)(H,21,23). The molecule has 0 saturated heterocycles. The molecule has 0 bridgehead atoms. The minimum Gasteiger partial charge on any atom is -0.451 e. The first kappa shape index (κ1) is 16.3. The van der Waals surface area contributed by atoms with Crippen LogP contribution >= 0.6 is 23.2 Å². The van der Waals surface area contributed by atoms with Gasteiger partial charge in [-0.25, -0.2) is 4.98 Å². The van der Waals surface area contributed by atoms with Crippen molar-refractivity contribution in [2.45, 2.75) is 6.92 Å². The molecule has 3 aromatic rings.